The molecule has 0 aliphatic carbocycles. The van der Waals surface area contributed by atoms with Gasteiger partial charge in [0, 0.05) is 4.47 Å². The number of benzene rings is 2. The van der Waals surface area contributed by atoms with E-state index in [0.29, 0.717) is 6.54 Å². The maximum atomic E-state index is 5.98. The molecule has 100 valence electrons. The molecule has 19 heavy (non-hydrogen) atoms. The third-order valence-corrected chi connectivity index (χ3v) is 3.86. The second-order valence-corrected chi connectivity index (χ2v) is 6.10. The zero-order chi connectivity index (χ0) is 13.8. The number of hydrogen-bond donors (Lipinski definition) is 1. The van der Waals surface area contributed by atoms with Crippen molar-refractivity contribution in [1.29, 1.82) is 0 Å². The van der Waals surface area contributed by atoms with Gasteiger partial charge < -0.3 is 10.5 Å². The molecule has 2 nitrogen and oxygen atoms in total. The zero-order valence-electron chi connectivity index (χ0n) is 10.6. The highest BCUT2D eigenvalue weighted by atomic mass is 79.9. The first-order chi connectivity index (χ1) is 9.10. The molecule has 4 heteroatoms. The number of hydrogen-bond acceptors (Lipinski definition) is 2. The van der Waals surface area contributed by atoms with Crippen LogP contribution in [0.4, 0.5) is 0 Å². The third-order valence-electron chi connectivity index (χ3n) is 2.74. The SMILES string of the molecule is Cc1ccc(Oc2ccc(Br)cc2Br)c(CCN)c1. The van der Waals surface area contributed by atoms with E-state index in [4.69, 9.17) is 10.5 Å². The fraction of sp³-hybridized carbons (Fsp3) is 0.200. The van der Waals surface area contributed by atoms with E-state index in [9.17, 15) is 0 Å². The van der Waals surface area contributed by atoms with Gasteiger partial charge >= 0.3 is 0 Å². The van der Waals surface area contributed by atoms with Crippen LogP contribution in [0.5, 0.6) is 11.5 Å². The summed E-state index contributed by atoms with van der Waals surface area (Å²) in [6, 6.07) is 12.0. The monoisotopic (exact) mass is 383 g/mol. The van der Waals surface area contributed by atoms with Crippen LogP contribution in [0, 0.1) is 6.92 Å². The fourth-order valence-corrected chi connectivity index (χ4v) is 2.96. The molecule has 0 atom stereocenters. The predicted molar refractivity (Wildman–Crippen MR) is 85.9 cm³/mol. The van der Waals surface area contributed by atoms with Crippen LogP contribution in [0.2, 0.25) is 0 Å². The Balaban J connectivity index is 2.32. The van der Waals surface area contributed by atoms with Crippen LogP contribution in [-0.2, 0) is 6.42 Å². The molecule has 2 rings (SSSR count). The maximum absolute atomic E-state index is 5.98. The summed E-state index contributed by atoms with van der Waals surface area (Å²) in [6.45, 7) is 2.68. The second kappa shape index (κ2) is 6.55. The summed E-state index contributed by atoms with van der Waals surface area (Å²) >= 11 is 6.93. The van der Waals surface area contributed by atoms with Crippen LogP contribution < -0.4 is 10.5 Å². The lowest BCUT2D eigenvalue weighted by atomic mass is 10.1. The smallest absolute Gasteiger partial charge is 0.141 e. The summed E-state index contributed by atoms with van der Waals surface area (Å²) in [5.74, 6) is 1.66. The van der Waals surface area contributed by atoms with Crippen LogP contribution in [0.1, 0.15) is 11.1 Å². The molecule has 0 spiro atoms. The van der Waals surface area contributed by atoms with Crippen molar-refractivity contribution in [1.82, 2.24) is 0 Å². The summed E-state index contributed by atoms with van der Waals surface area (Å²) in [6.07, 6.45) is 0.811. The van der Waals surface area contributed by atoms with E-state index in [0.717, 1.165) is 32.4 Å². The number of halogens is 2. The van der Waals surface area contributed by atoms with Gasteiger partial charge in [0.25, 0.3) is 0 Å². The highest BCUT2D eigenvalue weighted by Gasteiger charge is 2.08. The van der Waals surface area contributed by atoms with Gasteiger partial charge in [0.1, 0.15) is 11.5 Å². The van der Waals surface area contributed by atoms with Crippen LogP contribution in [0.25, 0.3) is 0 Å². The van der Waals surface area contributed by atoms with Crippen LogP contribution in [0.15, 0.2) is 45.3 Å². The van der Waals surface area contributed by atoms with E-state index in [1.165, 1.54) is 5.56 Å². The lowest BCUT2D eigenvalue weighted by molar-refractivity contribution is 0.473. The molecule has 0 saturated heterocycles. The van der Waals surface area contributed by atoms with Gasteiger partial charge in [0.2, 0.25) is 0 Å². The van der Waals surface area contributed by atoms with Gasteiger partial charge in [-0.15, -0.1) is 0 Å². The van der Waals surface area contributed by atoms with E-state index < -0.39 is 0 Å². The Labute approximate surface area is 130 Å². The lowest BCUT2D eigenvalue weighted by Gasteiger charge is -2.13. The first-order valence-electron chi connectivity index (χ1n) is 6.02. The van der Waals surface area contributed by atoms with E-state index in [2.05, 4.69) is 44.8 Å². The van der Waals surface area contributed by atoms with Gasteiger partial charge in [0.05, 0.1) is 4.47 Å². The molecule has 0 unspecified atom stereocenters. The lowest BCUT2D eigenvalue weighted by Crippen LogP contribution is -2.04. The minimum Gasteiger partial charge on any atom is -0.456 e. The van der Waals surface area contributed by atoms with Crippen molar-refractivity contribution < 1.29 is 4.74 Å². The fourth-order valence-electron chi connectivity index (χ4n) is 1.84. The van der Waals surface area contributed by atoms with Gasteiger partial charge in [-0.3, -0.25) is 0 Å². The molecule has 2 aromatic carbocycles. The van der Waals surface area contributed by atoms with Crippen LogP contribution in [-0.4, -0.2) is 6.54 Å². The summed E-state index contributed by atoms with van der Waals surface area (Å²) in [5.41, 5.74) is 8.00. The highest BCUT2D eigenvalue weighted by molar-refractivity contribution is 9.11. The molecule has 0 radical (unpaired) electrons. The summed E-state index contributed by atoms with van der Waals surface area (Å²) in [5, 5.41) is 0. The molecule has 0 fully saturated rings. The normalized spacial score (nSPS) is 10.5. The van der Waals surface area contributed by atoms with Gasteiger partial charge in [-0.2, -0.15) is 0 Å². The Morgan fingerprint density at radius 2 is 1.79 bits per heavy atom. The van der Waals surface area contributed by atoms with Crippen LogP contribution >= 0.6 is 31.9 Å². The quantitative estimate of drug-likeness (QED) is 0.820. The van der Waals surface area contributed by atoms with Crippen molar-refractivity contribution in [3.8, 4) is 11.5 Å². The topological polar surface area (TPSA) is 35.2 Å². The van der Waals surface area contributed by atoms with Crippen molar-refractivity contribution in [2.45, 2.75) is 13.3 Å². The number of ether oxygens (including phenoxy) is 1. The van der Waals surface area contributed by atoms with E-state index in [1.54, 1.807) is 0 Å². The average molecular weight is 385 g/mol. The van der Waals surface area contributed by atoms with E-state index in [-0.39, 0.29) is 0 Å². The second-order valence-electron chi connectivity index (χ2n) is 4.33. The van der Waals surface area contributed by atoms with Gasteiger partial charge in [-0.1, -0.05) is 33.6 Å². The Kier molecular flexibility index (Phi) is 5.02. The molecule has 0 aliphatic heterocycles. The van der Waals surface area contributed by atoms with Crippen molar-refractivity contribution in [3.05, 3.63) is 56.5 Å². The predicted octanol–water partition coefficient (Wildman–Crippen LogP) is 4.81. The summed E-state index contributed by atoms with van der Waals surface area (Å²) in [7, 11) is 0. The van der Waals surface area contributed by atoms with E-state index >= 15 is 0 Å². The number of nitrogens with two attached hydrogens (primary N) is 1. The zero-order valence-corrected chi connectivity index (χ0v) is 13.8. The molecule has 2 N–H and O–H groups in total. The molecule has 2 aromatic rings. The molecule has 0 heterocycles. The van der Waals surface area contributed by atoms with Gasteiger partial charge in [-0.25, -0.2) is 0 Å². The van der Waals surface area contributed by atoms with Crippen molar-refractivity contribution in [2.24, 2.45) is 5.73 Å². The Morgan fingerprint density at radius 1 is 1.05 bits per heavy atom. The molecule has 0 saturated carbocycles. The highest BCUT2D eigenvalue weighted by Crippen LogP contribution is 2.33. The van der Waals surface area contributed by atoms with Crippen molar-refractivity contribution in [2.75, 3.05) is 6.54 Å². The molecule has 0 aliphatic rings. The average Bonchev–Trinajstić information content (AvgIpc) is 2.36. The Hall–Kier alpha value is -0.840. The molecular weight excluding hydrogens is 370 g/mol. The third kappa shape index (κ3) is 3.81. The molecule has 0 aromatic heterocycles. The van der Waals surface area contributed by atoms with Gasteiger partial charge in [0.15, 0.2) is 0 Å². The minimum atomic E-state index is 0.612. The first kappa shape index (κ1) is 14.6. The number of aryl methyl sites for hydroxylation is 1. The first-order valence-corrected chi connectivity index (χ1v) is 7.61. The van der Waals surface area contributed by atoms with Gasteiger partial charge in [-0.05, 0) is 65.6 Å². The van der Waals surface area contributed by atoms with Crippen molar-refractivity contribution >= 4 is 31.9 Å². The van der Waals surface area contributed by atoms with Crippen LogP contribution in [0.3, 0.4) is 0 Å². The minimum absolute atomic E-state index is 0.612. The van der Waals surface area contributed by atoms with Crippen molar-refractivity contribution in [3.63, 3.8) is 0 Å². The van der Waals surface area contributed by atoms with E-state index in [1.807, 2.05) is 30.3 Å². The molecular formula is C15H15Br2NO. The summed E-state index contributed by atoms with van der Waals surface area (Å²) in [4.78, 5) is 0. The molecule has 0 amide bonds. The molecule has 0 bridgehead atoms. The Bertz CT molecular complexity index is 584. The maximum Gasteiger partial charge on any atom is 0.141 e. The number of rotatable bonds is 4. The Morgan fingerprint density at radius 3 is 2.47 bits per heavy atom. The summed E-state index contributed by atoms with van der Waals surface area (Å²) < 4.78 is 7.91. The largest absolute Gasteiger partial charge is 0.456 e. The standard InChI is InChI=1S/C15H15Br2NO/c1-10-2-4-14(11(8-10)6-7-18)19-15-5-3-12(16)9-13(15)17/h2-5,8-9H,6-7,18H2,1H3.